The molecule has 0 N–H and O–H groups in total. The average Bonchev–Trinajstić information content (AvgIpc) is 2.55. The zero-order valence-electron chi connectivity index (χ0n) is 13.8. The summed E-state index contributed by atoms with van der Waals surface area (Å²) in [4.78, 5) is 14.1. The van der Waals surface area contributed by atoms with E-state index in [4.69, 9.17) is 4.74 Å². The van der Waals surface area contributed by atoms with E-state index >= 15 is 0 Å². The standard InChI is InChI=1S/C19H22FNO2/c1-4-23-14(2)13-21(3)19(22)17-7-5-15(6-8-17)16-9-11-18(20)12-10-16/h5-12,14H,4,13H2,1-3H3. The Balaban J connectivity index is 2.06. The maximum atomic E-state index is 13.0. The van der Waals surface area contributed by atoms with Crippen molar-refractivity contribution in [2.75, 3.05) is 20.2 Å². The summed E-state index contributed by atoms with van der Waals surface area (Å²) < 4.78 is 18.4. The minimum Gasteiger partial charge on any atom is -0.377 e. The van der Waals surface area contributed by atoms with Crippen LogP contribution in [0.25, 0.3) is 11.1 Å². The maximum absolute atomic E-state index is 13.0. The highest BCUT2D eigenvalue weighted by molar-refractivity contribution is 5.94. The molecular formula is C19H22FNO2. The number of nitrogens with zero attached hydrogens (tertiary/aromatic N) is 1. The van der Waals surface area contributed by atoms with Crippen LogP contribution >= 0.6 is 0 Å². The Labute approximate surface area is 136 Å². The monoisotopic (exact) mass is 315 g/mol. The molecule has 0 aliphatic rings. The van der Waals surface area contributed by atoms with Gasteiger partial charge in [0.15, 0.2) is 0 Å². The highest BCUT2D eigenvalue weighted by Gasteiger charge is 2.14. The fraction of sp³-hybridized carbons (Fsp3) is 0.316. The van der Waals surface area contributed by atoms with Gasteiger partial charge in [-0.1, -0.05) is 24.3 Å². The Kier molecular flexibility index (Phi) is 5.88. The fourth-order valence-corrected chi connectivity index (χ4v) is 2.47. The number of hydrogen-bond acceptors (Lipinski definition) is 2. The van der Waals surface area contributed by atoms with E-state index in [2.05, 4.69) is 0 Å². The van der Waals surface area contributed by atoms with E-state index in [0.29, 0.717) is 18.7 Å². The first-order valence-electron chi connectivity index (χ1n) is 7.74. The van der Waals surface area contributed by atoms with Gasteiger partial charge in [0.25, 0.3) is 5.91 Å². The van der Waals surface area contributed by atoms with Crippen LogP contribution in [0, 0.1) is 5.82 Å². The van der Waals surface area contributed by atoms with E-state index in [1.807, 2.05) is 26.0 Å². The SMILES string of the molecule is CCOC(C)CN(C)C(=O)c1ccc(-c2ccc(F)cc2)cc1. The Bertz CT molecular complexity index is 637. The highest BCUT2D eigenvalue weighted by atomic mass is 19.1. The van der Waals surface area contributed by atoms with Crippen molar-refractivity contribution in [1.29, 1.82) is 0 Å². The first kappa shape index (κ1) is 17.2. The second-order valence-corrected chi connectivity index (χ2v) is 5.54. The summed E-state index contributed by atoms with van der Waals surface area (Å²) in [5.41, 5.74) is 2.50. The molecule has 1 atom stereocenters. The van der Waals surface area contributed by atoms with Crippen molar-refractivity contribution >= 4 is 5.91 Å². The van der Waals surface area contributed by atoms with E-state index in [1.54, 1.807) is 36.2 Å². The summed E-state index contributed by atoms with van der Waals surface area (Å²) in [5.74, 6) is -0.298. The molecule has 2 rings (SSSR count). The summed E-state index contributed by atoms with van der Waals surface area (Å²) in [5, 5.41) is 0. The minimum atomic E-state index is -0.259. The van der Waals surface area contributed by atoms with Crippen molar-refractivity contribution < 1.29 is 13.9 Å². The van der Waals surface area contributed by atoms with E-state index in [1.165, 1.54) is 12.1 Å². The first-order valence-corrected chi connectivity index (χ1v) is 7.74. The van der Waals surface area contributed by atoms with Crippen LogP contribution in [0.5, 0.6) is 0 Å². The largest absolute Gasteiger partial charge is 0.377 e. The van der Waals surface area contributed by atoms with Crippen LogP contribution in [0.1, 0.15) is 24.2 Å². The van der Waals surface area contributed by atoms with Crippen molar-refractivity contribution in [2.45, 2.75) is 20.0 Å². The summed E-state index contributed by atoms with van der Waals surface area (Å²) in [6.07, 6.45) is 0.00689. The summed E-state index contributed by atoms with van der Waals surface area (Å²) >= 11 is 0. The van der Waals surface area contributed by atoms with Gasteiger partial charge < -0.3 is 9.64 Å². The van der Waals surface area contributed by atoms with Gasteiger partial charge in [-0.25, -0.2) is 4.39 Å². The van der Waals surface area contributed by atoms with Crippen LogP contribution in [0.2, 0.25) is 0 Å². The number of benzene rings is 2. The number of halogens is 1. The van der Waals surface area contributed by atoms with Crippen molar-refractivity contribution in [3.63, 3.8) is 0 Å². The van der Waals surface area contributed by atoms with Gasteiger partial charge in [-0.2, -0.15) is 0 Å². The van der Waals surface area contributed by atoms with E-state index in [0.717, 1.165) is 11.1 Å². The summed E-state index contributed by atoms with van der Waals surface area (Å²) in [6.45, 7) is 5.07. The molecule has 0 fully saturated rings. The lowest BCUT2D eigenvalue weighted by Crippen LogP contribution is -2.34. The third-order valence-corrected chi connectivity index (χ3v) is 3.64. The van der Waals surface area contributed by atoms with Gasteiger partial charge >= 0.3 is 0 Å². The second kappa shape index (κ2) is 7.88. The van der Waals surface area contributed by atoms with Crippen LogP contribution in [0.15, 0.2) is 48.5 Å². The predicted octanol–water partition coefficient (Wildman–Crippen LogP) is 3.99. The zero-order valence-corrected chi connectivity index (χ0v) is 13.8. The minimum absolute atomic E-state index is 0.00689. The Morgan fingerprint density at radius 2 is 1.61 bits per heavy atom. The van der Waals surface area contributed by atoms with Gasteiger partial charge in [0.2, 0.25) is 0 Å². The second-order valence-electron chi connectivity index (χ2n) is 5.54. The van der Waals surface area contributed by atoms with E-state index < -0.39 is 0 Å². The first-order chi connectivity index (χ1) is 11.0. The maximum Gasteiger partial charge on any atom is 0.253 e. The van der Waals surface area contributed by atoms with Crippen molar-refractivity contribution in [2.24, 2.45) is 0 Å². The van der Waals surface area contributed by atoms with E-state index in [9.17, 15) is 9.18 Å². The molecule has 0 bridgehead atoms. The fourth-order valence-electron chi connectivity index (χ4n) is 2.47. The molecule has 0 aromatic heterocycles. The molecule has 2 aromatic carbocycles. The molecule has 0 spiro atoms. The number of carbonyl (C=O) groups excluding carboxylic acids is 1. The molecule has 23 heavy (non-hydrogen) atoms. The quantitative estimate of drug-likeness (QED) is 0.806. The number of rotatable bonds is 6. The molecule has 0 aliphatic heterocycles. The normalized spacial score (nSPS) is 12.0. The van der Waals surface area contributed by atoms with Crippen LogP contribution in [-0.4, -0.2) is 37.1 Å². The number of hydrogen-bond donors (Lipinski definition) is 0. The van der Waals surface area contributed by atoms with Crippen molar-refractivity contribution in [1.82, 2.24) is 4.90 Å². The van der Waals surface area contributed by atoms with Crippen LogP contribution in [-0.2, 0) is 4.74 Å². The smallest absolute Gasteiger partial charge is 0.253 e. The summed E-state index contributed by atoms with van der Waals surface area (Å²) in [7, 11) is 1.77. The number of amides is 1. The molecule has 4 heteroatoms. The predicted molar refractivity (Wildman–Crippen MR) is 89.9 cm³/mol. The zero-order chi connectivity index (χ0) is 16.8. The number of carbonyl (C=O) groups is 1. The Hall–Kier alpha value is -2.20. The van der Waals surface area contributed by atoms with Gasteiger partial charge in [0.05, 0.1) is 6.10 Å². The number of likely N-dealkylation sites (N-methyl/N-ethyl adjacent to an activating group) is 1. The van der Waals surface area contributed by atoms with Gasteiger partial charge in [-0.3, -0.25) is 4.79 Å². The van der Waals surface area contributed by atoms with Crippen LogP contribution < -0.4 is 0 Å². The summed E-state index contributed by atoms with van der Waals surface area (Å²) in [6, 6.07) is 13.6. The van der Waals surface area contributed by atoms with Crippen molar-refractivity contribution in [3.05, 3.63) is 59.9 Å². The lowest BCUT2D eigenvalue weighted by atomic mass is 10.0. The molecule has 0 saturated heterocycles. The molecule has 0 heterocycles. The molecular weight excluding hydrogens is 293 g/mol. The molecule has 2 aromatic rings. The third kappa shape index (κ3) is 4.63. The molecule has 1 unspecified atom stereocenters. The van der Waals surface area contributed by atoms with Crippen molar-refractivity contribution in [3.8, 4) is 11.1 Å². The molecule has 0 aliphatic carbocycles. The number of ether oxygens (including phenoxy) is 1. The molecule has 3 nitrogen and oxygen atoms in total. The molecule has 122 valence electrons. The van der Waals surface area contributed by atoms with Gasteiger partial charge in [-0.05, 0) is 49.2 Å². The lowest BCUT2D eigenvalue weighted by molar-refractivity contribution is 0.0436. The molecule has 0 saturated carbocycles. The third-order valence-electron chi connectivity index (χ3n) is 3.64. The van der Waals surface area contributed by atoms with Gasteiger partial charge in [-0.15, -0.1) is 0 Å². The van der Waals surface area contributed by atoms with E-state index in [-0.39, 0.29) is 17.8 Å². The average molecular weight is 315 g/mol. The highest BCUT2D eigenvalue weighted by Crippen LogP contribution is 2.20. The van der Waals surface area contributed by atoms with Crippen LogP contribution in [0.4, 0.5) is 4.39 Å². The van der Waals surface area contributed by atoms with Gasteiger partial charge in [0, 0.05) is 25.8 Å². The Morgan fingerprint density at radius 3 is 2.13 bits per heavy atom. The lowest BCUT2D eigenvalue weighted by Gasteiger charge is -2.21. The molecule has 1 amide bonds. The van der Waals surface area contributed by atoms with Crippen LogP contribution in [0.3, 0.4) is 0 Å². The molecule has 0 radical (unpaired) electrons. The Morgan fingerprint density at radius 1 is 1.09 bits per heavy atom. The topological polar surface area (TPSA) is 29.5 Å². The van der Waals surface area contributed by atoms with Gasteiger partial charge in [0.1, 0.15) is 5.82 Å².